The van der Waals surface area contributed by atoms with Gasteiger partial charge in [0.2, 0.25) is 0 Å². The van der Waals surface area contributed by atoms with Crippen molar-refractivity contribution in [3.05, 3.63) is 42.2 Å². The average molecular weight is 467 g/mol. The fourth-order valence-corrected chi connectivity index (χ4v) is 4.18. The van der Waals surface area contributed by atoms with Crippen molar-refractivity contribution < 1.29 is 9.53 Å². The third-order valence-corrected chi connectivity index (χ3v) is 6.35. The summed E-state index contributed by atoms with van der Waals surface area (Å²) < 4.78 is 5.50. The molecule has 1 heterocycles. The second-order valence-electron chi connectivity index (χ2n) is 9.51. The van der Waals surface area contributed by atoms with Gasteiger partial charge in [-0.2, -0.15) is 0 Å². The second kappa shape index (κ2) is 18.1. The van der Waals surface area contributed by atoms with Gasteiger partial charge in [0.15, 0.2) is 5.82 Å². The number of unbranched alkanes of at least 4 members (excludes halogenated alkanes) is 13. The highest BCUT2D eigenvalue weighted by Gasteiger charge is 2.07. The van der Waals surface area contributed by atoms with Crippen LogP contribution in [0.15, 0.2) is 36.7 Å². The maximum absolute atomic E-state index is 12.1. The van der Waals surface area contributed by atoms with Crippen LogP contribution in [0.5, 0.6) is 5.75 Å². The lowest BCUT2D eigenvalue weighted by molar-refractivity contribution is -0.134. The molecule has 188 valence electrons. The standard InChI is InChI=1S/C30H46N2O2/c1-3-5-7-9-11-12-13-15-17-19-29(33)34-28-22-20-27(21-23-28)30-31-24-26(25-32-30)18-16-14-10-8-6-4-2/h20-25H,3-19H2,1-2H3. The molecule has 0 amide bonds. The van der Waals surface area contributed by atoms with Gasteiger partial charge in [-0.25, -0.2) is 9.97 Å². The van der Waals surface area contributed by atoms with Crippen molar-refractivity contribution in [2.45, 2.75) is 123 Å². The summed E-state index contributed by atoms with van der Waals surface area (Å²) in [6.07, 6.45) is 24.4. The number of esters is 1. The molecule has 1 aromatic carbocycles. The average Bonchev–Trinajstić information content (AvgIpc) is 2.86. The van der Waals surface area contributed by atoms with Gasteiger partial charge in [-0.1, -0.05) is 97.3 Å². The molecule has 1 aromatic heterocycles. The van der Waals surface area contributed by atoms with E-state index in [1.165, 1.54) is 89.0 Å². The number of carbonyl (C=O) groups excluding carboxylic acids is 1. The lowest BCUT2D eigenvalue weighted by atomic mass is 10.1. The highest BCUT2D eigenvalue weighted by Crippen LogP contribution is 2.20. The normalized spacial score (nSPS) is 11.0. The van der Waals surface area contributed by atoms with E-state index in [0.717, 1.165) is 24.8 Å². The Balaban J connectivity index is 1.63. The molecule has 4 nitrogen and oxygen atoms in total. The van der Waals surface area contributed by atoms with Crippen LogP contribution in [0.1, 0.15) is 122 Å². The lowest BCUT2D eigenvalue weighted by Crippen LogP contribution is -2.07. The zero-order valence-electron chi connectivity index (χ0n) is 21.7. The van der Waals surface area contributed by atoms with E-state index in [2.05, 4.69) is 23.8 Å². The molecule has 4 heteroatoms. The number of hydrogen-bond donors (Lipinski definition) is 0. The summed E-state index contributed by atoms with van der Waals surface area (Å²) in [6, 6.07) is 7.50. The van der Waals surface area contributed by atoms with Crippen LogP contribution in [0.2, 0.25) is 0 Å². The van der Waals surface area contributed by atoms with E-state index in [9.17, 15) is 4.79 Å². The van der Waals surface area contributed by atoms with Crippen molar-refractivity contribution in [2.75, 3.05) is 0 Å². The maximum atomic E-state index is 12.1. The number of ether oxygens (including phenoxy) is 1. The Morgan fingerprint density at radius 2 is 1.18 bits per heavy atom. The first-order valence-electron chi connectivity index (χ1n) is 13.8. The molecular formula is C30H46N2O2. The van der Waals surface area contributed by atoms with Gasteiger partial charge in [0.25, 0.3) is 0 Å². The number of hydrogen-bond acceptors (Lipinski definition) is 4. The zero-order valence-corrected chi connectivity index (χ0v) is 21.7. The Morgan fingerprint density at radius 1 is 0.676 bits per heavy atom. The SMILES string of the molecule is CCCCCCCCCCCC(=O)Oc1ccc(-c2ncc(CCCCCCCC)cn2)cc1. The molecule has 0 aliphatic carbocycles. The molecule has 0 N–H and O–H groups in total. The quantitative estimate of drug-likeness (QED) is 0.118. The molecule has 0 aliphatic heterocycles. The van der Waals surface area contributed by atoms with Crippen molar-refractivity contribution in [1.29, 1.82) is 0 Å². The summed E-state index contributed by atoms with van der Waals surface area (Å²) in [4.78, 5) is 21.2. The van der Waals surface area contributed by atoms with E-state index in [1.54, 1.807) is 0 Å². The summed E-state index contributed by atoms with van der Waals surface area (Å²) in [5, 5.41) is 0. The smallest absolute Gasteiger partial charge is 0.311 e. The van der Waals surface area contributed by atoms with E-state index >= 15 is 0 Å². The second-order valence-corrected chi connectivity index (χ2v) is 9.51. The van der Waals surface area contributed by atoms with E-state index in [4.69, 9.17) is 4.74 Å². The van der Waals surface area contributed by atoms with Gasteiger partial charge in [0.1, 0.15) is 5.75 Å². The van der Waals surface area contributed by atoms with Crippen molar-refractivity contribution in [2.24, 2.45) is 0 Å². The first-order chi connectivity index (χ1) is 16.7. The molecule has 0 saturated heterocycles. The number of carbonyl (C=O) groups is 1. The van der Waals surface area contributed by atoms with Crippen LogP contribution in [0.4, 0.5) is 0 Å². The Morgan fingerprint density at radius 3 is 1.74 bits per heavy atom. The van der Waals surface area contributed by atoms with Crippen LogP contribution in [0, 0.1) is 0 Å². The van der Waals surface area contributed by atoms with Gasteiger partial charge in [-0.15, -0.1) is 0 Å². The third kappa shape index (κ3) is 12.3. The number of aryl methyl sites for hydroxylation is 1. The summed E-state index contributed by atoms with van der Waals surface area (Å²) >= 11 is 0. The molecule has 0 unspecified atom stereocenters. The minimum Gasteiger partial charge on any atom is -0.427 e. The van der Waals surface area contributed by atoms with E-state index in [0.29, 0.717) is 18.0 Å². The fourth-order valence-electron chi connectivity index (χ4n) is 4.18. The Kier molecular flexibility index (Phi) is 14.9. The van der Waals surface area contributed by atoms with Crippen LogP contribution in [-0.4, -0.2) is 15.9 Å². The molecule has 34 heavy (non-hydrogen) atoms. The fraction of sp³-hybridized carbons (Fsp3) is 0.633. The van der Waals surface area contributed by atoms with Crippen molar-refractivity contribution in [3.63, 3.8) is 0 Å². The molecule has 0 radical (unpaired) electrons. The molecule has 0 saturated carbocycles. The minimum atomic E-state index is -0.147. The lowest BCUT2D eigenvalue weighted by Gasteiger charge is -2.06. The summed E-state index contributed by atoms with van der Waals surface area (Å²) in [5.41, 5.74) is 2.13. The highest BCUT2D eigenvalue weighted by molar-refractivity contribution is 5.72. The predicted octanol–water partition coefficient (Wildman–Crippen LogP) is 8.87. The highest BCUT2D eigenvalue weighted by atomic mass is 16.5. The van der Waals surface area contributed by atoms with Gasteiger partial charge in [-0.05, 0) is 49.1 Å². The molecular weight excluding hydrogens is 420 g/mol. The van der Waals surface area contributed by atoms with Crippen LogP contribution in [-0.2, 0) is 11.2 Å². The number of aromatic nitrogens is 2. The van der Waals surface area contributed by atoms with Gasteiger partial charge < -0.3 is 4.74 Å². The predicted molar refractivity (Wildman–Crippen MR) is 142 cm³/mol. The third-order valence-electron chi connectivity index (χ3n) is 6.35. The summed E-state index contributed by atoms with van der Waals surface area (Å²) in [5.74, 6) is 1.15. The van der Waals surface area contributed by atoms with Gasteiger partial charge in [0, 0.05) is 24.4 Å². The summed E-state index contributed by atoms with van der Waals surface area (Å²) in [7, 11) is 0. The molecule has 0 atom stereocenters. The summed E-state index contributed by atoms with van der Waals surface area (Å²) in [6.45, 7) is 4.50. The molecule has 0 spiro atoms. The topological polar surface area (TPSA) is 52.1 Å². The van der Waals surface area contributed by atoms with Crippen LogP contribution in [0.3, 0.4) is 0 Å². The van der Waals surface area contributed by atoms with Crippen LogP contribution >= 0.6 is 0 Å². The molecule has 0 aliphatic rings. The Bertz CT molecular complexity index is 771. The van der Waals surface area contributed by atoms with Gasteiger partial charge in [-0.3, -0.25) is 4.79 Å². The Hall–Kier alpha value is -2.23. The van der Waals surface area contributed by atoms with Crippen molar-refractivity contribution >= 4 is 5.97 Å². The maximum Gasteiger partial charge on any atom is 0.311 e. The number of benzene rings is 1. The van der Waals surface area contributed by atoms with Crippen molar-refractivity contribution in [1.82, 2.24) is 9.97 Å². The van der Waals surface area contributed by atoms with E-state index < -0.39 is 0 Å². The zero-order chi connectivity index (χ0) is 24.3. The number of nitrogens with zero attached hydrogens (tertiary/aromatic N) is 2. The molecule has 0 fully saturated rings. The first-order valence-corrected chi connectivity index (χ1v) is 13.8. The monoisotopic (exact) mass is 466 g/mol. The first kappa shape index (κ1) is 28.0. The van der Waals surface area contributed by atoms with E-state index in [1.807, 2.05) is 36.7 Å². The largest absolute Gasteiger partial charge is 0.427 e. The number of rotatable bonds is 19. The molecule has 2 rings (SSSR count). The molecule has 2 aromatic rings. The van der Waals surface area contributed by atoms with Crippen LogP contribution < -0.4 is 4.74 Å². The minimum absolute atomic E-state index is 0.147. The Labute approximate surface area is 208 Å². The molecule has 0 bridgehead atoms. The van der Waals surface area contributed by atoms with E-state index in [-0.39, 0.29) is 5.97 Å². The van der Waals surface area contributed by atoms with Gasteiger partial charge in [0.05, 0.1) is 0 Å². The van der Waals surface area contributed by atoms with Gasteiger partial charge >= 0.3 is 5.97 Å². The van der Waals surface area contributed by atoms with Crippen LogP contribution in [0.25, 0.3) is 11.4 Å². The van der Waals surface area contributed by atoms with Crippen molar-refractivity contribution in [3.8, 4) is 17.1 Å².